The first kappa shape index (κ1) is 11.6. The topological polar surface area (TPSA) is 29.3 Å². The maximum absolute atomic E-state index is 6.25. The zero-order valence-corrected chi connectivity index (χ0v) is 10.3. The van der Waals surface area contributed by atoms with Crippen LogP contribution in [0, 0.1) is 12.8 Å². The van der Waals surface area contributed by atoms with Crippen molar-refractivity contribution in [3.05, 3.63) is 35.4 Å². The molecule has 1 aliphatic rings. The lowest BCUT2D eigenvalue weighted by atomic mass is 10.0. The fourth-order valence-electron chi connectivity index (χ4n) is 2.48. The summed E-state index contributed by atoms with van der Waals surface area (Å²) < 4.78 is 0. The van der Waals surface area contributed by atoms with Gasteiger partial charge in [0.05, 0.1) is 0 Å². The lowest BCUT2D eigenvalue weighted by Crippen LogP contribution is -2.30. The Morgan fingerprint density at radius 1 is 1.50 bits per heavy atom. The number of rotatable bonds is 3. The van der Waals surface area contributed by atoms with Crippen molar-refractivity contribution >= 4 is 0 Å². The Hall–Kier alpha value is -0.860. The molecule has 0 aromatic heterocycles. The van der Waals surface area contributed by atoms with Crippen LogP contribution in [0.2, 0.25) is 0 Å². The summed E-state index contributed by atoms with van der Waals surface area (Å²) in [6.07, 6.45) is 1.32. The number of benzene rings is 1. The number of nitrogens with two attached hydrogens (primary N) is 1. The van der Waals surface area contributed by atoms with Crippen LogP contribution < -0.4 is 5.73 Å². The van der Waals surface area contributed by atoms with Crippen LogP contribution in [-0.2, 0) is 0 Å². The van der Waals surface area contributed by atoms with Crippen molar-refractivity contribution < 1.29 is 0 Å². The molecule has 0 saturated carbocycles. The average Bonchev–Trinajstić information content (AvgIpc) is 2.64. The molecule has 88 valence electrons. The third-order valence-electron chi connectivity index (χ3n) is 3.43. The highest BCUT2D eigenvalue weighted by atomic mass is 15.2. The summed E-state index contributed by atoms with van der Waals surface area (Å²) >= 11 is 0. The van der Waals surface area contributed by atoms with Gasteiger partial charge in [-0.05, 0) is 31.4 Å². The fraction of sp³-hybridized carbons (Fsp3) is 0.571. The molecule has 1 fully saturated rings. The van der Waals surface area contributed by atoms with Crippen LogP contribution in [0.3, 0.4) is 0 Å². The largest absolute Gasteiger partial charge is 0.323 e. The quantitative estimate of drug-likeness (QED) is 0.843. The predicted molar refractivity (Wildman–Crippen MR) is 68.3 cm³/mol. The zero-order chi connectivity index (χ0) is 11.5. The summed E-state index contributed by atoms with van der Waals surface area (Å²) in [5.74, 6) is 0.838. The second kappa shape index (κ2) is 4.98. The van der Waals surface area contributed by atoms with E-state index in [1.54, 1.807) is 0 Å². The Morgan fingerprint density at radius 2 is 2.31 bits per heavy atom. The maximum Gasteiger partial charge on any atom is 0.0424 e. The summed E-state index contributed by atoms with van der Waals surface area (Å²) in [6, 6.07) is 8.71. The maximum atomic E-state index is 6.25. The van der Waals surface area contributed by atoms with Crippen LogP contribution in [0.5, 0.6) is 0 Å². The smallest absolute Gasteiger partial charge is 0.0424 e. The second-order valence-electron chi connectivity index (χ2n) is 5.17. The Morgan fingerprint density at radius 3 is 2.94 bits per heavy atom. The van der Waals surface area contributed by atoms with Crippen molar-refractivity contribution in [2.45, 2.75) is 26.3 Å². The Kier molecular flexibility index (Phi) is 3.62. The first-order valence-corrected chi connectivity index (χ1v) is 6.19. The number of nitrogens with zero attached hydrogens (tertiary/aromatic N) is 1. The van der Waals surface area contributed by atoms with E-state index in [9.17, 15) is 0 Å². The van der Waals surface area contributed by atoms with Crippen LogP contribution in [0.25, 0.3) is 0 Å². The van der Waals surface area contributed by atoms with Gasteiger partial charge in [-0.25, -0.2) is 0 Å². The van der Waals surface area contributed by atoms with E-state index in [4.69, 9.17) is 5.73 Å². The minimum atomic E-state index is 0.158. The Bertz CT molecular complexity index is 348. The Labute approximate surface area is 98.4 Å². The summed E-state index contributed by atoms with van der Waals surface area (Å²) in [6.45, 7) is 7.85. The van der Waals surface area contributed by atoms with Gasteiger partial charge in [0.1, 0.15) is 0 Å². The highest BCUT2D eigenvalue weighted by Gasteiger charge is 2.20. The summed E-state index contributed by atoms with van der Waals surface area (Å²) in [5.41, 5.74) is 8.81. The Balaban J connectivity index is 1.95. The lowest BCUT2D eigenvalue weighted by molar-refractivity contribution is 0.306. The van der Waals surface area contributed by atoms with E-state index >= 15 is 0 Å². The zero-order valence-electron chi connectivity index (χ0n) is 10.3. The SMILES string of the molecule is Cc1cccc(C(N)CN2CCC(C)C2)c1. The van der Waals surface area contributed by atoms with Crippen LogP contribution in [0.1, 0.15) is 30.5 Å². The first-order valence-electron chi connectivity index (χ1n) is 6.19. The molecule has 0 aliphatic carbocycles. The summed E-state index contributed by atoms with van der Waals surface area (Å²) in [7, 11) is 0. The van der Waals surface area contributed by atoms with E-state index in [1.165, 1.54) is 30.6 Å². The molecule has 2 N–H and O–H groups in total. The highest BCUT2D eigenvalue weighted by Crippen LogP contribution is 2.19. The predicted octanol–water partition coefficient (Wildman–Crippen LogP) is 2.34. The lowest BCUT2D eigenvalue weighted by Gasteiger charge is -2.21. The van der Waals surface area contributed by atoms with Crippen molar-refractivity contribution in [1.29, 1.82) is 0 Å². The van der Waals surface area contributed by atoms with Gasteiger partial charge in [-0.15, -0.1) is 0 Å². The summed E-state index contributed by atoms with van der Waals surface area (Å²) in [4.78, 5) is 2.48. The van der Waals surface area contributed by atoms with E-state index in [0.29, 0.717) is 0 Å². The third-order valence-corrected chi connectivity index (χ3v) is 3.43. The van der Waals surface area contributed by atoms with Crippen molar-refractivity contribution in [2.75, 3.05) is 19.6 Å². The van der Waals surface area contributed by atoms with Crippen molar-refractivity contribution in [1.82, 2.24) is 4.90 Å². The number of hydrogen-bond acceptors (Lipinski definition) is 2. The molecule has 1 saturated heterocycles. The molecular formula is C14H22N2. The fourth-order valence-corrected chi connectivity index (χ4v) is 2.48. The van der Waals surface area contributed by atoms with Crippen molar-refractivity contribution in [3.8, 4) is 0 Å². The van der Waals surface area contributed by atoms with Gasteiger partial charge in [0.2, 0.25) is 0 Å². The van der Waals surface area contributed by atoms with Gasteiger partial charge in [-0.3, -0.25) is 0 Å². The van der Waals surface area contributed by atoms with Gasteiger partial charge in [0.25, 0.3) is 0 Å². The van der Waals surface area contributed by atoms with E-state index in [0.717, 1.165) is 12.5 Å². The van der Waals surface area contributed by atoms with Gasteiger partial charge in [0.15, 0.2) is 0 Å². The number of hydrogen-bond donors (Lipinski definition) is 1. The molecule has 2 unspecified atom stereocenters. The van der Waals surface area contributed by atoms with Gasteiger partial charge < -0.3 is 10.6 Å². The third kappa shape index (κ3) is 2.83. The minimum absolute atomic E-state index is 0.158. The van der Waals surface area contributed by atoms with Gasteiger partial charge in [-0.2, -0.15) is 0 Å². The van der Waals surface area contributed by atoms with Crippen molar-refractivity contribution in [3.63, 3.8) is 0 Å². The van der Waals surface area contributed by atoms with E-state index in [-0.39, 0.29) is 6.04 Å². The van der Waals surface area contributed by atoms with Crippen LogP contribution in [0.4, 0.5) is 0 Å². The molecule has 0 bridgehead atoms. The molecule has 1 aliphatic heterocycles. The van der Waals surface area contributed by atoms with E-state index in [1.807, 2.05) is 0 Å². The number of likely N-dealkylation sites (tertiary alicyclic amines) is 1. The highest BCUT2D eigenvalue weighted by molar-refractivity contribution is 5.25. The van der Waals surface area contributed by atoms with Crippen LogP contribution in [0.15, 0.2) is 24.3 Å². The van der Waals surface area contributed by atoms with Gasteiger partial charge in [-0.1, -0.05) is 36.8 Å². The molecule has 1 aromatic carbocycles. The van der Waals surface area contributed by atoms with Crippen LogP contribution in [-0.4, -0.2) is 24.5 Å². The number of aryl methyl sites for hydroxylation is 1. The minimum Gasteiger partial charge on any atom is -0.323 e. The van der Waals surface area contributed by atoms with E-state index < -0.39 is 0 Å². The molecule has 0 spiro atoms. The molecule has 2 rings (SSSR count). The van der Waals surface area contributed by atoms with Crippen LogP contribution >= 0.6 is 0 Å². The molecule has 1 heterocycles. The molecule has 2 nitrogen and oxygen atoms in total. The molecule has 1 aromatic rings. The second-order valence-corrected chi connectivity index (χ2v) is 5.17. The molecule has 16 heavy (non-hydrogen) atoms. The normalized spacial score (nSPS) is 23.6. The standard InChI is InChI=1S/C14H22N2/c1-11-4-3-5-13(8-11)14(15)10-16-7-6-12(2)9-16/h3-5,8,12,14H,6-7,9-10,15H2,1-2H3. The monoisotopic (exact) mass is 218 g/mol. The summed E-state index contributed by atoms with van der Waals surface area (Å²) in [5, 5.41) is 0. The molecule has 2 atom stereocenters. The van der Waals surface area contributed by atoms with Gasteiger partial charge >= 0.3 is 0 Å². The van der Waals surface area contributed by atoms with Gasteiger partial charge in [0, 0.05) is 19.1 Å². The molecular weight excluding hydrogens is 196 g/mol. The average molecular weight is 218 g/mol. The molecule has 0 radical (unpaired) electrons. The molecule has 2 heteroatoms. The molecule has 0 amide bonds. The van der Waals surface area contributed by atoms with E-state index in [2.05, 4.69) is 43.0 Å². The van der Waals surface area contributed by atoms with Crippen molar-refractivity contribution in [2.24, 2.45) is 11.7 Å². The first-order chi connectivity index (χ1) is 7.65.